The second-order valence-corrected chi connectivity index (χ2v) is 8.13. The van der Waals surface area contributed by atoms with Gasteiger partial charge in [-0.1, -0.05) is 47.5 Å². The van der Waals surface area contributed by atoms with Gasteiger partial charge in [0.15, 0.2) is 5.96 Å². The number of allylic oxidation sites excluding steroid dienone is 3. The van der Waals surface area contributed by atoms with E-state index >= 15 is 0 Å². The highest BCUT2D eigenvalue weighted by molar-refractivity contribution is 9.11. The highest BCUT2D eigenvalue weighted by Crippen LogP contribution is 2.47. The van der Waals surface area contributed by atoms with Crippen molar-refractivity contribution in [2.24, 2.45) is 27.6 Å². The first-order valence-electron chi connectivity index (χ1n) is 9.22. The van der Waals surface area contributed by atoms with Gasteiger partial charge in [-0.3, -0.25) is 9.89 Å². The lowest BCUT2D eigenvalue weighted by molar-refractivity contribution is 0.188. The monoisotopic (exact) mass is 406 g/mol. The molecular weight excluding hydrogens is 376 g/mol. The summed E-state index contributed by atoms with van der Waals surface area (Å²) in [7, 11) is 0. The van der Waals surface area contributed by atoms with Crippen LogP contribution in [-0.4, -0.2) is 35.3 Å². The summed E-state index contributed by atoms with van der Waals surface area (Å²) in [5.74, 6) is 2.70. The molecule has 3 rings (SSSR count). The van der Waals surface area contributed by atoms with Crippen LogP contribution >= 0.6 is 15.9 Å². The summed E-state index contributed by atoms with van der Waals surface area (Å²) in [6.45, 7) is 12.2. The van der Waals surface area contributed by atoms with Gasteiger partial charge in [-0.25, -0.2) is 4.99 Å². The first-order chi connectivity index (χ1) is 12.1. The number of aliphatic imine (C=N–C) groups is 2. The summed E-state index contributed by atoms with van der Waals surface area (Å²) in [6.07, 6.45) is 12.5. The van der Waals surface area contributed by atoms with Gasteiger partial charge in [0.1, 0.15) is 11.4 Å². The second kappa shape index (κ2) is 8.84. The fourth-order valence-corrected chi connectivity index (χ4v) is 4.12. The molecule has 1 fully saturated rings. The van der Waals surface area contributed by atoms with E-state index in [1.54, 1.807) is 0 Å². The Kier molecular flexibility index (Phi) is 7.05. The van der Waals surface area contributed by atoms with Crippen LogP contribution < -0.4 is 5.73 Å². The molecule has 2 unspecified atom stereocenters. The van der Waals surface area contributed by atoms with Crippen LogP contribution in [0.2, 0.25) is 0 Å². The smallest absolute Gasteiger partial charge is 0.197 e. The fourth-order valence-electron chi connectivity index (χ4n) is 3.93. The van der Waals surface area contributed by atoms with Crippen molar-refractivity contribution in [3.05, 3.63) is 35.9 Å². The third-order valence-corrected chi connectivity index (χ3v) is 5.70. The topological polar surface area (TPSA) is 54.0 Å². The summed E-state index contributed by atoms with van der Waals surface area (Å²) in [5, 5.41) is 0. The zero-order valence-corrected chi connectivity index (χ0v) is 17.1. The summed E-state index contributed by atoms with van der Waals surface area (Å²) in [5.41, 5.74) is 6.04. The van der Waals surface area contributed by atoms with Crippen molar-refractivity contribution in [1.82, 2.24) is 4.90 Å². The number of hydrogen-bond acceptors (Lipinski definition) is 4. The molecule has 2 atom stereocenters. The number of amidine groups is 1. The minimum atomic E-state index is -0.230. The maximum absolute atomic E-state index is 6.27. The zero-order chi connectivity index (χ0) is 18.4. The van der Waals surface area contributed by atoms with Gasteiger partial charge in [-0.2, -0.15) is 0 Å². The molecule has 1 aliphatic carbocycles. The highest BCUT2D eigenvalue weighted by atomic mass is 79.9. The molecule has 4 nitrogen and oxygen atoms in total. The summed E-state index contributed by atoms with van der Waals surface area (Å²) in [4.78, 5) is 12.0. The van der Waals surface area contributed by atoms with E-state index in [4.69, 9.17) is 15.7 Å². The Balaban J connectivity index is 0.00000109. The van der Waals surface area contributed by atoms with E-state index in [1.807, 2.05) is 0 Å². The van der Waals surface area contributed by atoms with Gasteiger partial charge >= 0.3 is 0 Å². The van der Waals surface area contributed by atoms with Crippen molar-refractivity contribution in [2.45, 2.75) is 51.5 Å². The number of fused-ring (bicyclic) bond motifs is 1. The maximum atomic E-state index is 6.27. The van der Waals surface area contributed by atoms with Gasteiger partial charge in [0.2, 0.25) is 0 Å². The van der Waals surface area contributed by atoms with Gasteiger partial charge in [0.05, 0.1) is 0 Å². The van der Waals surface area contributed by atoms with Crippen LogP contribution in [0.5, 0.6) is 0 Å². The molecule has 0 amide bonds. The van der Waals surface area contributed by atoms with Crippen molar-refractivity contribution in [1.29, 1.82) is 0 Å². The Bertz CT molecular complexity index is 585. The van der Waals surface area contributed by atoms with Gasteiger partial charge in [0.25, 0.3) is 0 Å². The molecule has 2 heterocycles. The third kappa shape index (κ3) is 3.91. The molecule has 1 saturated carbocycles. The number of guanidine groups is 1. The average molecular weight is 407 g/mol. The average Bonchev–Trinajstić information content (AvgIpc) is 2.86. The van der Waals surface area contributed by atoms with Crippen LogP contribution in [0.1, 0.15) is 46.0 Å². The number of halogens is 1. The highest BCUT2D eigenvalue weighted by Gasteiger charge is 2.55. The molecule has 25 heavy (non-hydrogen) atoms. The van der Waals surface area contributed by atoms with Crippen LogP contribution in [0, 0.1) is 11.8 Å². The van der Waals surface area contributed by atoms with Crippen molar-refractivity contribution in [3.63, 3.8) is 0 Å². The predicted molar refractivity (Wildman–Crippen MR) is 112 cm³/mol. The molecule has 0 saturated heterocycles. The quantitative estimate of drug-likeness (QED) is 0.675. The number of hydrogen-bond donors (Lipinski definition) is 1. The molecule has 5 heteroatoms. The van der Waals surface area contributed by atoms with E-state index < -0.39 is 0 Å². The van der Waals surface area contributed by atoms with Crippen LogP contribution in [-0.2, 0) is 0 Å². The number of rotatable bonds is 5. The Hall–Kier alpha value is -1.36. The molecule has 138 valence electrons. The third-order valence-electron chi connectivity index (χ3n) is 5.37. The van der Waals surface area contributed by atoms with Crippen molar-refractivity contribution < 1.29 is 0 Å². The van der Waals surface area contributed by atoms with Crippen molar-refractivity contribution in [2.75, 3.05) is 13.1 Å². The lowest BCUT2D eigenvalue weighted by Crippen LogP contribution is -2.55. The minimum absolute atomic E-state index is 0.230. The molecule has 0 aromatic carbocycles. The molecule has 0 radical (unpaired) electrons. The first-order valence-corrected chi connectivity index (χ1v) is 10.0. The minimum Gasteiger partial charge on any atom is -0.369 e. The maximum Gasteiger partial charge on any atom is 0.197 e. The molecule has 0 spiro atoms. The zero-order valence-electron chi connectivity index (χ0n) is 15.5. The lowest BCUT2D eigenvalue weighted by Gasteiger charge is -2.45. The van der Waals surface area contributed by atoms with E-state index in [0.29, 0.717) is 17.8 Å². The van der Waals surface area contributed by atoms with E-state index in [1.165, 1.54) is 23.7 Å². The molecular formula is C20H31BrN4. The van der Waals surface area contributed by atoms with Gasteiger partial charge < -0.3 is 5.73 Å². The van der Waals surface area contributed by atoms with Crippen LogP contribution in [0.15, 0.2) is 45.9 Å². The SMILES string of the molecule is C=C.CC(Br)=CC/C=C\C(C)C1(C2CCC2)N=C(N)N2CCCN=C21. The fraction of sp³-hybridized carbons (Fsp3) is 0.600. The van der Waals surface area contributed by atoms with Crippen molar-refractivity contribution >= 4 is 27.7 Å². The van der Waals surface area contributed by atoms with E-state index in [2.05, 4.69) is 66.1 Å². The molecule has 0 aromatic heterocycles. The van der Waals surface area contributed by atoms with Gasteiger partial charge in [0, 0.05) is 19.0 Å². The molecule has 3 aliphatic rings. The Morgan fingerprint density at radius 3 is 2.76 bits per heavy atom. The van der Waals surface area contributed by atoms with Crippen LogP contribution in [0.25, 0.3) is 0 Å². The van der Waals surface area contributed by atoms with Crippen molar-refractivity contribution in [3.8, 4) is 0 Å². The molecule has 0 aromatic rings. The Morgan fingerprint density at radius 1 is 1.44 bits per heavy atom. The van der Waals surface area contributed by atoms with Gasteiger partial charge in [-0.05, 0) is 43.0 Å². The van der Waals surface area contributed by atoms with E-state index in [0.717, 1.165) is 31.8 Å². The number of nitrogens with two attached hydrogens (primary N) is 1. The Morgan fingerprint density at radius 2 is 2.16 bits per heavy atom. The van der Waals surface area contributed by atoms with E-state index in [-0.39, 0.29) is 5.54 Å². The van der Waals surface area contributed by atoms with E-state index in [9.17, 15) is 0 Å². The van der Waals surface area contributed by atoms with Crippen LogP contribution in [0.4, 0.5) is 0 Å². The summed E-state index contributed by atoms with van der Waals surface area (Å²) < 4.78 is 1.18. The molecule has 2 aliphatic heterocycles. The number of nitrogens with zero attached hydrogens (tertiary/aromatic N) is 3. The molecule has 0 bridgehead atoms. The predicted octanol–water partition coefficient (Wildman–Crippen LogP) is 4.64. The lowest BCUT2D eigenvalue weighted by atomic mass is 9.64. The van der Waals surface area contributed by atoms with Gasteiger partial charge in [-0.15, -0.1) is 13.2 Å². The normalized spacial score (nSPS) is 27.8. The second-order valence-electron chi connectivity index (χ2n) is 6.88. The largest absolute Gasteiger partial charge is 0.369 e. The summed E-state index contributed by atoms with van der Waals surface area (Å²) >= 11 is 3.48. The summed E-state index contributed by atoms with van der Waals surface area (Å²) in [6, 6.07) is 0. The molecule has 2 N–H and O–H groups in total. The first kappa shape index (κ1) is 20.0. The standard InChI is InChI=1S/C18H27BrN4.C2H4/c1-13(7-3-4-8-14(2)19)18(15-9-5-10-15)16-21-11-6-12-23(16)17(20)22-18;1-2/h3,7-8,13,15H,4-6,9-12H2,1-2H3,(H2,20,22);1-2H2/b7-3-,14-8?;. The Labute approximate surface area is 160 Å². The van der Waals surface area contributed by atoms with Crippen LogP contribution in [0.3, 0.4) is 0 Å².